The van der Waals surface area contributed by atoms with Crippen molar-refractivity contribution in [2.24, 2.45) is 5.73 Å². The van der Waals surface area contributed by atoms with Crippen LogP contribution >= 0.6 is 23.1 Å². The van der Waals surface area contributed by atoms with Crippen molar-refractivity contribution >= 4 is 39.2 Å². The Morgan fingerprint density at radius 3 is 2.95 bits per heavy atom. The molecule has 0 aliphatic heterocycles. The number of aryl methyl sites for hydroxylation is 3. The lowest BCUT2D eigenvalue weighted by atomic mass is 10.2. The third-order valence-corrected chi connectivity index (χ3v) is 5.62. The molecule has 2 heterocycles. The molecule has 0 spiro atoms. The summed E-state index contributed by atoms with van der Waals surface area (Å²) in [6.07, 6.45) is 3.45. The van der Waals surface area contributed by atoms with Crippen LogP contribution in [0.5, 0.6) is 0 Å². The predicted octanol–water partition coefficient (Wildman–Crippen LogP) is 2.45. The summed E-state index contributed by atoms with van der Waals surface area (Å²) >= 11 is 3.22. The van der Waals surface area contributed by atoms with Crippen molar-refractivity contribution in [1.82, 2.24) is 9.97 Å². The van der Waals surface area contributed by atoms with E-state index in [1.807, 2.05) is 13.8 Å². The number of aromatic nitrogens is 2. The molecule has 1 atom stereocenters. The van der Waals surface area contributed by atoms with Crippen molar-refractivity contribution in [3.05, 3.63) is 16.3 Å². The van der Waals surface area contributed by atoms with E-state index >= 15 is 0 Å². The maximum atomic E-state index is 11.3. The van der Waals surface area contributed by atoms with Gasteiger partial charge in [0.1, 0.15) is 15.7 Å². The standard InChI is InChI=1S/C13H15N3OS2/c1-6(11(14)17)18-12-10-8-4-3-5-9(8)19-13(10)16-7(2)15-12/h6H,3-5H2,1-2H3,(H2,14,17)/t6-/m1/s1. The smallest absolute Gasteiger partial charge is 0.230 e. The van der Waals surface area contributed by atoms with Crippen molar-refractivity contribution < 1.29 is 4.79 Å². The van der Waals surface area contributed by atoms with E-state index in [1.54, 1.807) is 11.3 Å². The Labute approximate surface area is 119 Å². The van der Waals surface area contributed by atoms with Crippen LogP contribution in [0.4, 0.5) is 0 Å². The largest absolute Gasteiger partial charge is 0.369 e. The van der Waals surface area contributed by atoms with Crippen molar-refractivity contribution in [3.8, 4) is 0 Å². The average molecular weight is 293 g/mol. The van der Waals surface area contributed by atoms with Gasteiger partial charge in [-0.05, 0) is 38.7 Å². The molecule has 2 N–H and O–H groups in total. The molecule has 4 nitrogen and oxygen atoms in total. The molecule has 6 heteroatoms. The summed E-state index contributed by atoms with van der Waals surface area (Å²) in [6, 6.07) is 0. The van der Waals surface area contributed by atoms with Crippen LogP contribution in [0.2, 0.25) is 0 Å². The number of fused-ring (bicyclic) bond motifs is 3. The molecule has 0 bridgehead atoms. The van der Waals surface area contributed by atoms with Gasteiger partial charge in [-0.15, -0.1) is 11.3 Å². The van der Waals surface area contributed by atoms with E-state index in [1.165, 1.54) is 28.6 Å². The molecule has 0 saturated heterocycles. The normalized spacial score (nSPS) is 15.7. The molecule has 1 aliphatic rings. The van der Waals surface area contributed by atoms with Crippen molar-refractivity contribution in [2.75, 3.05) is 0 Å². The highest BCUT2D eigenvalue weighted by Gasteiger charge is 2.23. The summed E-state index contributed by atoms with van der Waals surface area (Å²) < 4.78 is 0. The molecule has 1 amide bonds. The zero-order valence-corrected chi connectivity index (χ0v) is 12.5. The number of nitrogens with zero attached hydrogens (tertiary/aromatic N) is 2. The van der Waals surface area contributed by atoms with Gasteiger partial charge in [0.15, 0.2) is 0 Å². The van der Waals surface area contributed by atoms with Crippen LogP contribution in [0, 0.1) is 6.92 Å². The summed E-state index contributed by atoms with van der Waals surface area (Å²) in [5.74, 6) is 0.452. The molecule has 2 aromatic rings. The first-order valence-electron chi connectivity index (χ1n) is 6.31. The fourth-order valence-corrected chi connectivity index (χ4v) is 4.72. The molecule has 2 aromatic heterocycles. The average Bonchev–Trinajstić information content (AvgIpc) is 2.87. The second-order valence-corrected chi connectivity index (χ2v) is 7.19. The first kappa shape index (κ1) is 12.9. The number of thiophene rings is 1. The second-order valence-electron chi connectivity index (χ2n) is 4.78. The SMILES string of the molecule is Cc1nc(S[C@H](C)C(N)=O)c2c3c(sc2n1)CCC3. The number of carbonyl (C=O) groups is 1. The van der Waals surface area contributed by atoms with Crippen LogP contribution in [0.1, 0.15) is 29.6 Å². The maximum absolute atomic E-state index is 11.3. The van der Waals surface area contributed by atoms with E-state index in [2.05, 4.69) is 9.97 Å². The van der Waals surface area contributed by atoms with Crippen LogP contribution in [0.15, 0.2) is 5.03 Å². The maximum Gasteiger partial charge on any atom is 0.230 e. The van der Waals surface area contributed by atoms with Gasteiger partial charge in [-0.25, -0.2) is 9.97 Å². The minimum Gasteiger partial charge on any atom is -0.369 e. The van der Waals surface area contributed by atoms with E-state index in [4.69, 9.17) is 5.73 Å². The number of thioether (sulfide) groups is 1. The Hall–Kier alpha value is -1.14. The molecule has 0 fully saturated rings. The molecule has 19 heavy (non-hydrogen) atoms. The van der Waals surface area contributed by atoms with E-state index < -0.39 is 0 Å². The van der Waals surface area contributed by atoms with Crippen LogP contribution in [-0.4, -0.2) is 21.1 Å². The zero-order valence-electron chi connectivity index (χ0n) is 10.9. The summed E-state index contributed by atoms with van der Waals surface area (Å²) in [7, 11) is 0. The van der Waals surface area contributed by atoms with Gasteiger partial charge in [0.25, 0.3) is 0 Å². The molecule has 3 rings (SSSR count). The number of primary amides is 1. The lowest BCUT2D eigenvalue weighted by Gasteiger charge is -2.09. The summed E-state index contributed by atoms with van der Waals surface area (Å²) in [4.78, 5) is 22.8. The van der Waals surface area contributed by atoms with E-state index in [0.717, 1.165) is 33.9 Å². The summed E-state index contributed by atoms with van der Waals surface area (Å²) in [5, 5.41) is 1.80. The van der Waals surface area contributed by atoms with E-state index in [-0.39, 0.29) is 11.2 Å². The lowest BCUT2D eigenvalue weighted by Crippen LogP contribution is -2.22. The number of amides is 1. The van der Waals surface area contributed by atoms with Crippen LogP contribution in [-0.2, 0) is 17.6 Å². The first-order valence-corrected chi connectivity index (χ1v) is 8.00. The highest BCUT2D eigenvalue weighted by atomic mass is 32.2. The predicted molar refractivity (Wildman–Crippen MR) is 78.7 cm³/mol. The van der Waals surface area contributed by atoms with E-state index in [0.29, 0.717) is 0 Å². The third-order valence-electron chi connectivity index (χ3n) is 3.33. The van der Waals surface area contributed by atoms with Crippen LogP contribution in [0.25, 0.3) is 10.2 Å². The Kier molecular flexibility index (Phi) is 3.22. The summed E-state index contributed by atoms with van der Waals surface area (Å²) in [6.45, 7) is 3.71. The van der Waals surface area contributed by atoms with Gasteiger partial charge in [-0.3, -0.25) is 4.79 Å². The number of nitrogens with two attached hydrogens (primary N) is 1. The molecule has 0 aromatic carbocycles. The van der Waals surface area contributed by atoms with E-state index in [9.17, 15) is 4.79 Å². The molecular weight excluding hydrogens is 278 g/mol. The van der Waals surface area contributed by atoms with Gasteiger partial charge in [0.05, 0.1) is 5.25 Å². The van der Waals surface area contributed by atoms with Gasteiger partial charge in [0.2, 0.25) is 5.91 Å². The first-order chi connectivity index (χ1) is 9.06. The number of hydrogen-bond donors (Lipinski definition) is 1. The number of carbonyl (C=O) groups excluding carboxylic acids is 1. The van der Waals surface area contributed by atoms with Crippen molar-refractivity contribution in [3.63, 3.8) is 0 Å². The molecule has 0 saturated carbocycles. The Morgan fingerprint density at radius 2 is 2.21 bits per heavy atom. The van der Waals surface area contributed by atoms with Crippen molar-refractivity contribution in [2.45, 2.75) is 43.4 Å². The zero-order chi connectivity index (χ0) is 13.6. The second kappa shape index (κ2) is 4.76. The summed E-state index contributed by atoms with van der Waals surface area (Å²) in [5.41, 5.74) is 6.74. The van der Waals surface area contributed by atoms with Gasteiger partial charge < -0.3 is 5.73 Å². The van der Waals surface area contributed by atoms with Crippen molar-refractivity contribution in [1.29, 1.82) is 0 Å². The third kappa shape index (κ3) is 2.23. The fourth-order valence-electron chi connectivity index (χ4n) is 2.37. The number of rotatable bonds is 3. The topological polar surface area (TPSA) is 68.9 Å². The van der Waals surface area contributed by atoms with Gasteiger partial charge >= 0.3 is 0 Å². The van der Waals surface area contributed by atoms with Gasteiger partial charge in [-0.2, -0.15) is 0 Å². The Balaban J connectivity index is 2.14. The molecule has 0 radical (unpaired) electrons. The minimum absolute atomic E-state index is 0.269. The monoisotopic (exact) mass is 293 g/mol. The Bertz CT molecular complexity index is 665. The fraction of sp³-hybridized carbons (Fsp3) is 0.462. The molecule has 0 unspecified atom stereocenters. The van der Waals surface area contributed by atoms with Crippen LogP contribution < -0.4 is 5.73 Å². The lowest BCUT2D eigenvalue weighted by molar-refractivity contribution is -0.117. The minimum atomic E-state index is -0.304. The van der Waals surface area contributed by atoms with Gasteiger partial charge in [-0.1, -0.05) is 11.8 Å². The van der Waals surface area contributed by atoms with Gasteiger partial charge in [0, 0.05) is 10.3 Å². The highest BCUT2D eigenvalue weighted by Crippen LogP contribution is 2.41. The molecule has 100 valence electrons. The Morgan fingerprint density at radius 1 is 1.42 bits per heavy atom. The highest BCUT2D eigenvalue weighted by molar-refractivity contribution is 8.00. The molecular formula is C13H15N3OS2. The quantitative estimate of drug-likeness (QED) is 0.697. The molecule has 1 aliphatic carbocycles. The van der Waals surface area contributed by atoms with Crippen LogP contribution in [0.3, 0.4) is 0 Å². The number of hydrogen-bond acceptors (Lipinski definition) is 5.